The van der Waals surface area contributed by atoms with E-state index in [9.17, 15) is 4.57 Å². The molecule has 3 N–H and O–H groups in total. The van der Waals surface area contributed by atoms with E-state index in [1.54, 1.807) is 30.6 Å². The average Bonchev–Trinajstić information content (AvgIpc) is 2.68. The van der Waals surface area contributed by atoms with E-state index in [4.69, 9.17) is 9.79 Å². The Morgan fingerprint density at radius 1 is 1.41 bits per heavy atom. The van der Waals surface area contributed by atoms with E-state index in [1.165, 1.54) is 4.68 Å². The topological polar surface area (TPSA) is 87.4 Å². The van der Waals surface area contributed by atoms with Gasteiger partial charge in [-0.2, -0.15) is 5.10 Å². The summed E-state index contributed by atoms with van der Waals surface area (Å²) >= 11 is 0. The van der Waals surface area contributed by atoms with Crippen LogP contribution in [0.25, 0.3) is 5.69 Å². The van der Waals surface area contributed by atoms with Gasteiger partial charge in [0.2, 0.25) is 0 Å². The number of aromatic nitrogens is 2. The molecule has 0 saturated carbocycles. The van der Waals surface area contributed by atoms with Crippen LogP contribution in [-0.4, -0.2) is 19.6 Å². The highest BCUT2D eigenvalue weighted by atomic mass is 31.2. The van der Waals surface area contributed by atoms with Gasteiger partial charge in [0.15, 0.2) is 0 Å². The molecule has 2 aromatic rings. The van der Waals surface area contributed by atoms with Gasteiger partial charge in [0.05, 0.1) is 11.4 Å². The van der Waals surface area contributed by atoms with E-state index >= 15 is 0 Å². The van der Waals surface area contributed by atoms with Gasteiger partial charge >= 0.3 is 7.75 Å². The lowest BCUT2D eigenvalue weighted by Gasteiger charge is -2.13. The first kappa shape index (κ1) is 11.9. The number of aryl methyl sites for hydroxylation is 1. The van der Waals surface area contributed by atoms with Crippen molar-refractivity contribution in [2.24, 2.45) is 0 Å². The third-order valence-corrected chi connectivity index (χ3v) is 2.70. The lowest BCUT2D eigenvalue weighted by atomic mass is 10.2. The Balaban J connectivity index is 2.49. The molecule has 0 fully saturated rings. The minimum absolute atomic E-state index is 0.349. The summed E-state index contributed by atoms with van der Waals surface area (Å²) in [7, 11) is -4.33. The van der Waals surface area contributed by atoms with E-state index < -0.39 is 7.75 Å². The maximum absolute atomic E-state index is 11.0. The maximum Gasteiger partial charge on any atom is 0.427 e. The summed E-state index contributed by atoms with van der Waals surface area (Å²) in [5.41, 5.74) is 1.84. The predicted molar refractivity (Wildman–Crippen MR) is 64.0 cm³/mol. The number of hydrogen-bond acceptors (Lipinski definition) is 2. The van der Waals surface area contributed by atoms with Crippen molar-refractivity contribution in [1.29, 1.82) is 0 Å². The molecule has 1 aromatic heterocycles. The quantitative estimate of drug-likeness (QED) is 0.724. The van der Waals surface area contributed by atoms with Crippen LogP contribution in [0.4, 0.5) is 5.69 Å². The van der Waals surface area contributed by atoms with E-state index in [2.05, 4.69) is 10.2 Å². The monoisotopic (exact) mass is 253 g/mol. The van der Waals surface area contributed by atoms with Gasteiger partial charge in [-0.05, 0) is 30.7 Å². The van der Waals surface area contributed by atoms with Crippen molar-refractivity contribution < 1.29 is 14.4 Å². The lowest BCUT2D eigenvalue weighted by molar-refractivity contribution is 0.380. The van der Waals surface area contributed by atoms with Crippen molar-refractivity contribution in [2.45, 2.75) is 6.92 Å². The number of nitrogens with zero attached hydrogens (tertiary/aromatic N) is 2. The van der Waals surface area contributed by atoms with Crippen LogP contribution in [0.2, 0.25) is 0 Å². The Bertz CT molecular complexity index is 562. The lowest BCUT2D eigenvalue weighted by Crippen LogP contribution is -2.02. The van der Waals surface area contributed by atoms with Gasteiger partial charge in [-0.15, -0.1) is 0 Å². The van der Waals surface area contributed by atoms with Gasteiger partial charge in [-0.3, -0.25) is 5.09 Å². The Morgan fingerprint density at radius 2 is 2.18 bits per heavy atom. The minimum Gasteiger partial charge on any atom is -0.308 e. The molecule has 1 aromatic carbocycles. The Kier molecular flexibility index (Phi) is 3.02. The standard InChI is InChI=1S/C10H12N3O3P/c1-8-3-4-10(13-6-2-5-11-13)9(7-8)12-17(14,15)16/h2-7H,1H3,(H3,12,14,15,16). The second-order valence-corrected chi connectivity index (χ2v) is 4.94. The molecule has 0 radical (unpaired) electrons. The molecule has 0 spiro atoms. The van der Waals surface area contributed by atoms with Crippen LogP contribution in [0.3, 0.4) is 0 Å². The molecule has 0 unspecified atom stereocenters. The molecule has 0 bridgehead atoms. The second kappa shape index (κ2) is 4.33. The molecule has 0 aliphatic rings. The van der Waals surface area contributed by atoms with Crippen LogP contribution < -0.4 is 5.09 Å². The number of nitrogens with one attached hydrogen (secondary N) is 1. The van der Waals surface area contributed by atoms with Crippen molar-refractivity contribution in [1.82, 2.24) is 9.78 Å². The minimum atomic E-state index is -4.33. The summed E-state index contributed by atoms with van der Waals surface area (Å²) < 4.78 is 12.5. The van der Waals surface area contributed by atoms with E-state index in [-0.39, 0.29) is 0 Å². The van der Waals surface area contributed by atoms with Crippen molar-refractivity contribution >= 4 is 13.4 Å². The Labute approximate surface area is 98.1 Å². The van der Waals surface area contributed by atoms with Gasteiger partial charge < -0.3 is 9.79 Å². The smallest absolute Gasteiger partial charge is 0.308 e. The average molecular weight is 253 g/mol. The van der Waals surface area contributed by atoms with E-state index in [0.717, 1.165) is 5.56 Å². The zero-order chi connectivity index (χ0) is 12.5. The van der Waals surface area contributed by atoms with Crippen LogP contribution in [0.15, 0.2) is 36.7 Å². The highest BCUT2D eigenvalue weighted by Gasteiger charge is 2.16. The highest BCUT2D eigenvalue weighted by molar-refractivity contribution is 7.53. The van der Waals surface area contributed by atoms with E-state index in [0.29, 0.717) is 11.4 Å². The molecule has 0 amide bonds. The molecule has 0 aliphatic carbocycles. The molecule has 90 valence electrons. The molecular formula is C10H12N3O3P. The summed E-state index contributed by atoms with van der Waals surface area (Å²) in [5, 5.41) is 6.22. The van der Waals surface area contributed by atoms with Crippen LogP contribution >= 0.6 is 7.75 Å². The molecule has 0 aliphatic heterocycles. The second-order valence-electron chi connectivity index (χ2n) is 3.63. The fourth-order valence-electron chi connectivity index (χ4n) is 1.51. The summed E-state index contributed by atoms with van der Waals surface area (Å²) in [6, 6.07) is 7.00. The van der Waals surface area contributed by atoms with Gasteiger partial charge in [0.25, 0.3) is 0 Å². The third kappa shape index (κ3) is 2.94. The first-order valence-corrected chi connectivity index (χ1v) is 6.51. The van der Waals surface area contributed by atoms with Crippen molar-refractivity contribution in [3.63, 3.8) is 0 Å². The van der Waals surface area contributed by atoms with Crippen LogP contribution in [0, 0.1) is 6.92 Å². The fraction of sp³-hybridized carbons (Fsp3) is 0.100. The zero-order valence-electron chi connectivity index (χ0n) is 9.11. The highest BCUT2D eigenvalue weighted by Crippen LogP contribution is 2.37. The van der Waals surface area contributed by atoms with Gasteiger partial charge in [0, 0.05) is 12.4 Å². The molecule has 6 nitrogen and oxygen atoms in total. The Morgan fingerprint density at radius 3 is 2.76 bits per heavy atom. The summed E-state index contributed by atoms with van der Waals surface area (Å²) in [5.74, 6) is 0. The molecule has 0 saturated heterocycles. The zero-order valence-corrected chi connectivity index (χ0v) is 10.0. The molecular weight excluding hydrogens is 241 g/mol. The number of benzene rings is 1. The fourth-order valence-corrected chi connectivity index (χ4v) is 2.00. The van der Waals surface area contributed by atoms with E-state index in [1.807, 2.05) is 13.0 Å². The summed E-state index contributed by atoms with van der Waals surface area (Å²) in [6.07, 6.45) is 3.30. The molecule has 17 heavy (non-hydrogen) atoms. The maximum atomic E-state index is 11.0. The molecule has 7 heteroatoms. The largest absolute Gasteiger partial charge is 0.427 e. The first-order chi connectivity index (χ1) is 7.96. The number of anilines is 1. The summed E-state index contributed by atoms with van der Waals surface area (Å²) in [4.78, 5) is 17.9. The van der Waals surface area contributed by atoms with Gasteiger partial charge in [-0.25, -0.2) is 9.25 Å². The number of rotatable bonds is 3. The normalized spacial score (nSPS) is 11.5. The molecule has 2 rings (SSSR count). The van der Waals surface area contributed by atoms with Crippen LogP contribution in [-0.2, 0) is 4.57 Å². The van der Waals surface area contributed by atoms with Crippen LogP contribution in [0.5, 0.6) is 0 Å². The van der Waals surface area contributed by atoms with Crippen molar-refractivity contribution in [2.75, 3.05) is 5.09 Å². The first-order valence-electron chi connectivity index (χ1n) is 4.90. The SMILES string of the molecule is Cc1ccc(-n2cccn2)c(NP(=O)(O)O)c1. The van der Waals surface area contributed by atoms with Crippen molar-refractivity contribution in [3.05, 3.63) is 42.2 Å². The molecule has 0 atom stereocenters. The Hall–Kier alpha value is -1.62. The van der Waals surface area contributed by atoms with Gasteiger partial charge in [-0.1, -0.05) is 6.07 Å². The summed E-state index contributed by atoms with van der Waals surface area (Å²) in [6.45, 7) is 1.84. The predicted octanol–water partition coefficient (Wildman–Crippen LogP) is 1.69. The number of hydrogen-bond donors (Lipinski definition) is 3. The third-order valence-electron chi connectivity index (χ3n) is 2.17. The van der Waals surface area contributed by atoms with Crippen LogP contribution in [0.1, 0.15) is 5.56 Å². The van der Waals surface area contributed by atoms with Gasteiger partial charge in [0.1, 0.15) is 0 Å². The molecule has 1 heterocycles. The van der Waals surface area contributed by atoms with Crippen molar-refractivity contribution in [3.8, 4) is 5.69 Å².